The fraction of sp³-hybridized carbons (Fsp3) is 0.133. The van der Waals surface area contributed by atoms with Crippen molar-refractivity contribution in [3.8, 4) is 5.69 Å². The third kappa shape index (κ3) is 2.60. The van der Waals surface area contributed by atoms with E-state index in [0.29, 0.717) is 11.5 Å². The van der Waals surface area contributed by atoms with Crippen LogP contribution in [0.1, 0.15) is 11.4 Å². The molecule has 21 heavy (non-hydrogen) atoms. The Balaban J connectivity index is 1.95. The maximum atomic E-state index is 13.8. The number of hydrogen-bond donors (Lipinski definition) is 1. The van der Waals surface area contributed by atoms with Crippen molar-refractivity contribution >= 4 is 11.5 Å². The van der Waals surface area contributed by atoms with Gasteiger partial charge in [0.05, 0.1) is 17.6 Å². The highest BCUT2D eigenvalue weighted by molar-refractivity contribution is 5.59. The van der Waals surface area contributed by atoms with Gasteiger partial charge in [-0.2, -0.15) is 5.10 Å². The van der Waals surface area contributed by atoms with Gasteiger partial charge in [-0.25, -0.2) is 19.0 Å². The monoisotopic (exact) mass is 283 g/mol. The molecule has 6 heteroatoms. The van der Waals surface area contributed by atoms with E-state index in [2.05, 4.69) is 20.4 Å². The van der Waals surface area contributed by atoms with Crippen LogP contribution in [0, 0.1) is 19.7 Å². The number of anilines is 2. The maximum absolute atomic E-state index is 13.8. The van der Waals surface area contributed by atoms with Crippen molar-refractivity contribution in [3.05, 3.63) is 60.1 Å². The van der Waals surface area contributed by atoms with Crippen molar-refractivity contribution in [3.63, 3.8) is 0 Å². The largest absolute Gasteiger partial charge is 0.337 e. The molecule has 0 radical (unpaired) electrons. The number of nitrogens with zero attached hydrogens (tertiary/aromatic N) is 4. The molecule has 0 fully saturated rings. The Hall–Kier alpha value is -2.76. The van der Waals surface area contributed by atoms with E-state index in [1.54, 1.807) is 29.1 Å². The molecule has 1 aromatic carbocycles. The van der Waals surface area contributed by atoms with Crippen LogP contribution >= 0.6 is 0 Å². The zero-order valence-corrected chi connectivity index (χ0v) is 11.7. The highest BCUT2D eigenvalue weighted by Crippen LogP contribution is 2.22. The lowest BCUT2D eigenvalue weighted by molar-refractivity contribution is 0.608. The molecule has 3 rings (SSSR count). The van der Waals surface area contributed by atoms with Crippen LogP contribution in [-0.4, -0.2) is 19.7 Å². The number of halogens is 1. The summed E-state index contributed by atoms with van der Waals surface area (Å²) in [5.41, 5.74) is 2.86. The number of benzene rings is 1. The van der Waals surface area contributed by atoms with Gasteiger partial charge in [-0.3, -0.25) is 0 Å². The van der Waals surface area contributed by atoms with Gasteiger partial charge in [0.2, 0.25) is 0 Å². The van der Waals surface area contributed by atoms with Crippen LogP contribution in [0.5, 0.6) is 0 Å². The van der Waals surface area contributed by atoms with Crippen LogP contribution in [0.15, 0.2) is 42.9 Å². The van der Waals surface area contributed by atoms with Crippen molar-refractivity contribution in [1.29, 1.82) is 0 Å². The Labute approximate surface area is 121 Å². The number of hydrogen-bond acceptors (Lipinski definition) is 4. The summed E-state index contributed by atoms with van der Waals surface area (Å²) in [6.45, 7) is 3.76. The zero-order valence-electron chi connectivity index (χ0n) is 11.7. The van der Waals surface area contributed by atoms with Crippen LogP contribution < -0.4 is 5.32 Å². The van der Waals surface area contributed by atoms with E-state index in [1.165, 1.54) is 12.4 Å². The summed E-state index contributed by atoms with van der Waals surface area (Å²) in [5.74, 6) is 0.367. The minimum atomic E-state index is -0.312. The van der Waals surface area contributed by atoms with Crippen molar-refractivity contribution in [2.24, 2.45) is 0 Å². The third-order valence-electron chi connectivity index (χ3n) is 3.16. The highest BCUT2D eigenvalue weighted by atomic mass is 19.1. The van der Waals surface area contributed by atoms with E-state index in [1.807, 2.05) is 19.9 Å². The first-order chi connectivity index (χ1) is 10.1. The molecule has 0 atom stereocenters. The first kappa shape index (κ1) is 13.2. The maximum Gasteiger partial charge on any atom is 0.148 e. The Bertz CT molecular complexity index is 781. The van der Waals surface area contributed by atoms with Gasteiger partial charge in [-0.15, -0.1) is 0 Å². The van der Waals surface area contributed by atoms with Gasteiger partial charge < -0.3 is 5.32 Å². The molecule has 0 amide bonds. The summed E-state index contributed by atoms with van der Waals surface area (Å²) in [6.07, 6.45) is 3.15. The van der Waals surface area contributed by atoms with E-state index in [9.17, 15) is 4.39 Å². The van der Waals surface area contributed by atoms with Gasteiger partial charge in [-0.1, -0.05) is 12.1 Å². The molecule has 2 heterocycles. The predicted octanol–water partition coefficient (Wildman–Crippen LogP) is 3.16. The molecule has 3 aromatic rings. The molecule has 0 aliphatic rings. The molecular formula is C15H14FN5. The summed E-state index contributed by atoms with van der Waals surface area (Å²) >= 11 is 0. The Morgan fingerprint density at radius 1 is 1.14 bits per heavy atom. The average molecular weight is 283 g/mol. The first-order valence-electron chi connectivity index (χ1n) is 6.50. The summed E-state index contributed by atoms with van der Waals surface area (Å²) < 4.78 is 15.4. The lowest BCUT2D eigenvalue weighted by atomic mass is 10.3. The van der Waals surface area contributed by atoms with Crippen LogP contribution in [0.4, 0.5) is 15.9 Å². The van der Waals surface area contributed by atoms with Crippen molar-refractivity contribution in [1.82, 2.24) is 19.7 Å². The second kappa shape index (κ2) is 5.32. The smallest absolute Gasteiger partial charge is 0.148 e. The quantitative estimate of drug-likeness (QED) is 0.802. The van der Waals surface area contributed by atoms with E-state index in [-0.39, 0.29) is 5.82 Å². The summed E-state index contributed by atoms with van der Waals surface area (Å²) in [7, 11) is 0. The van der Waals surface area contributed by atoms with E-state index < -0.39 is 0 Å². The molecular weight excluding hydrogens is 269 g/mol. The molecule has 2 aromatic heterocycles. The number of rotatable bonds is 3. The molecule has 0 unspecified atom stereocenters. The van der Waals surface area contributed by atoms with Crippen LogP contribution in [0.2, 0.25) is 0 Å². The first-order valence-corrected chi connectivity index (χ1v) is 6.50. The summed E-state index contributed by atoms with van der Waals surface area (Å²) in [5, 5.41) is 7.40. The van der Waals surface area contributed by atoms with Gasteiger partial charge >= 0.3 is 0 Å². The van der Waals surface area contributed by atoms with Crippen molar-refractivity contribution in [2.75, 3.05) is 5.32 Å². The molecule has 0 saturated heterocycles. The summed E-state index contributed by atoms with van der Waals surface area (Å²) in [4.78, 5) is 8.19. The lowest BCUT2D eigenvalue weighted by Crippen LogP contribution is -2.02. The van der Waals surface area contributed by atoms with E-state index >= 15 is 0 Å². The highest BCUT2D eigenvalue weighted by Gasteiger charge is 2.11. The molecule has 106 valence electrons. The van der Waals surface area contributed by atoms with Gasteiger partial charge in [-0.05, 0) is 26.0 Å². The molecule has 0 aliphatic carbocycles. The van der Waals surface area contributed by atoms with E-state index in [0.717, 1.165) is 17.1 Å². The second-order valence-corrected chi connectivity index (χ2v) is 4.68. The van der Waals surface area contributed by atoms with Crippen LogP contribution in [-0.2, 0) is 0 Å². The fourth-order valence-electron chi connectivity index (χ4n) is 2.06. The second-order valence-electron chi connectivity index (χ2n) is 4.68. The fourth-order valence-corrected chi connectivity index (χ4v) is 2.06. The zero-order chi connectivity index (χ0) is 14.8. The molecule has 0 saturated carbocycles. The van der Waals surface area contributed by atoms with Gasteiger partial charge in [0.15, 0.2) is 0 Å². The normalized spacial score (nSPS) is 10.6. The standard InChI is InChI=1S/C15H14FN5/c1-10-7-15(18-9-17-10)20-13-8-19-21(11(13)2)14-6-4-3-5-12(14)16/h3-9H,1-2H3,(H,17,18,20). The van der Waals surface area contributed by atoms with Gasteiger partial charge in [0.1, 0.15) is 23.6 Å². The minimum absolute atomic E-state index is 0.312. The molecule has 0 spiro atoms. The molecule has 5 nitrogen and oxygen atoms in total. The number of nitrogens with one attached hydrogen (secondary N) is 1. The lowest BCUT2D eigenvalue weighted by Gasteiger charge is -2.08. The Morgan fingerprint density at radius 3 is 2.71 bits per heavy atom. The third-order valence-corrected chi connectivity index (χ3v) is 3.16. The summed E-state index contributed by atoms with van der Waals surface area (Å²) in [6, 6.07) is 8.37. The molecule has 0 aliphatic heterocycles. The SMILES string of the molecule is Cc1cc(Nc2cnn(-c3ccccc3F)c2C)ncn1. The average Bonchev–Trinajstić information content (AvgIpc) is 2.81. The number of aryl methyl sites for hydroxylation is 1. The predicted molar refractivity (Wildman–Crippen MR) is 78.3 cm³/mol. The van der Waals surface area contributed by atoms with Crippen molar-refractivity contribution in [2.45, 2.75) is 13.8 Å². The Morgan fingerprint density at radius 2 is 1.95 bits per heavy atom. The van der Waals surface area contributed by atoms with Gasteiger partial charge in [0.25, 0.3) is 0 Å². The molecule has 0 bridgehead atoms. The number of para-hydroxylation sites is 1. The van der Waals surface area contributed by atoms with Crippen LogP contribution in [0.25, 0.3) is 5.69 Å². The van der Waals surface area contributed by atoms with Gasteiger partial charge in [0, 0.05) is 11.8 Å². The Kier molecular flexibility index (Phi) is 3.35. The number of aromatic nitrogens is 4. The topological polar surface area (TPSA) is 55.6 Å². The minimum Gasteiger partial charge on any atom is -0.337 e. The molecule has 1 N–H and O–H groups in total. The van der Waals surface area contributed by atoms with Crippen LogP contribution in [0.3, 0.4) is 0 Å². The van der Waals surface area contributed by atoms with Crippen molar-refractivity contribution < 1.29 is 4.39 Å². The van der Waals surface area contributed by atoms with E-state index in [4.69, 9.17) is 0 Å².